The van der Waals surface area contributed by atoms with Crippen molar-refractivity contribution in [1.82, 2.24) is 14.3 Å². The first-order valence-corrected chi connectivity index (χ1v) is 19.2. The smallest absolute Gasteiger partial charge is 0.355 e. The zero-order chi connectivity index (χ0) is 43.0. The Morgan fingerprint density at radius 1 is 0.982 bits per heavy atom. The summed E-state index contributed by atoms with van der Waals surface area (Å²) in [6, 6.07) is 6.55. The third-order valence-corrected chi connectivity index (χ3v) is 9.54. The van der Waals surface area contributed by atoms with Crippen LogP contribution in [0.2, 0.25) is 20.1 Å². The van der Waals surface area contributed by atoms with Gasteiger partial charge in [-0.05, 0) is 63.4 Å². The number of sulfonamides is 1. The molecule has 0 saturated heterocycles. The molecule has 306 valence electrons. The first kappa shape index (κ1) is 47.4. The molecule has 0 radical (unpaired) electrons. The van der Waals surface area contributed by atoms with E-state index in [4.69, 9.17) is 56.2 Å². The Balaban J connectivity index is 0.000000301. The molecule has 0 atom stereocenters. The van der Waals surface area contributed by atoms with E-state index in [1.54, 1.807) is 13.8 Å². The fraction of sp³-hybridized carbons (Fsp3) is 0.344. The van der Waals surface area contributed by atoms with Crippen molar-refractivity contribution in [2.45, 2.75) is 60.1 Å². The minimum Gasteiger partial charge on any atom is -0.494 e. The normalized spacial score (nSPS) is 11.0. The van der Waals surface area contributed by atoms with Gasteiger partial charge in [0.05, 0.1) is 54.7 Å². The number of aromatic carboxylic acids is 1. The Labute approximate surface area is 338 Å². The predicted octanol–water partition coefficient (Wildman–Crippen LogP) is 8.84. The largest absolute Gasteiger partial charge is 0.494 e. The second kappa shape index (κ2) is 19.9. The number of carbonyl (C=O) groups is 1. The molecule has 3 N–H and O–H groups in total. The number of halogens is 6. The molecule has 0 saturated carbocycles. The molecule has 0 spiro atoms. The van der Waals surface area contributed by atoms with Crippen molar-refractivity contribution in [3.05, 3.63) is 104 Å². The van der Waals surface area contributed by atoms with Crippen LogP contribution in [-0.2, 0) is 10.0 Å². The summed E-state index contributed by atoms with van der Waals surface area (Å²) in [5, 5.41) is 38.1. The molecule has 4 aromatic rings. The SMILES string of the molecule is CCC(CC)Nc1c([N+](=O)[O-])cc(C)c(C)c1[N+](=O)[O-].COc1c(Cl)ccc(Cl)c1C(=O)O.Cc1nn(-c2cc(NS(C)(=O)=O)c(Cl)cc2Cl)c(=O)n1C(F)F. The number of alkyl halides is 2. The van der Waals surface area contributed by atoms with E-state index in [-0.39, 0.29) is 76.3 Å². The van der Waals surface area contributed by atoms with Crippen LogP contribution in [0.4, 0.5) is 31.5 Å². The zero-order valence-corrected chi connectivity index (χ0v) is 34.3. The fourth-order valence-electron chi connectivity index (χ4n) is 4.86. The van der Waals surface area contributed by atoms with E-state index < -0.39 is 38.1 Å². The van der Waals surface area contributed by atoms with Crippen LogP contribution in [-0.4, -0.2) is 63.1 Å². The maximum Gasteiger partial charge on any atom is 0.355 e. The summed E-state index contributed by atoms with van der Waals surface area (Å²) in [6.45, 7) is 5.25. The third-order valence-electron chi connectivity index (χ3n) is 7.72. The van der Waals surface area contributed by atoms with Gasteiger partial charge in [-0.1, -0.05) is 60.3 Å². The Morgan fingerprint density at radius 2 is 1.55 bits per heavy atom. The number of aromatic nitrogens is 3. The van der Waals surface area contributed by atoms with E-state index in [2.05, 4.69) is 15.1 Å². The monoisotopic (exact) mass is 887 g/mol. The Bertz CT molecular complexity index is 2300. The number of aryl methyl sites for hydroxylation is 2. The van der Waals surface area contributed by atoms with E-state index in [1.165, 1.54) is 38.3 Å². The van der Waals surface area contributed by atoms with Crippen LogP contribution in [0.1, 0.15) is 60.5 Å². The molecule has 0 bridgehead atoms. The lowest BCUT2D eigenvalue weighted by molar-refractivity contribution is -0.392. The standard InChI is InChI=1S/C13H19N3O4.C11H10Cl2F2N4O3S.C8H6Cl2O3/c1-5-10(6-2)14-12-11(15(17)18)7-8(3)9(4)13(12)16(19)20;1-5-16-19(11(20)18(5)10(14)15)9-4-8(17-23(2,21)22)6(12)3-7(9)13;1-13-7-5(10)3-2-4(9)6(7)8(11)12/h7,10,14H,5-6H2,1-4H3;3-4,10,17H,1-2H3;2-3H,1H3,(H,11,12). The van der Waals surface area contributed by atoms with Crippen molar-refractivity contribution in [3.8, 4) is 11.4 Å². The number of carboxylic acids is 1. The van der Waals surface area contributed by atoms with Crippen molar-refractivity contribution < 1.29 is 41.7 Å². The van der Waals surface area contributed by atoms with Gasteiger partial charge in [0.1, 0.15) is 11.4 Å². The number of rotatable bonds is 12. The van der Waals surface area contributed by atoms with Crippen LogP contribution < -0.4 is 20.5 Å². The molecule has 0 aliphatic rings. The molecule has 17 nitrogen and oxygen atoms in total. The van der Waals surface area contributed by atoms with E-state index in [9.17, 15) is 47.0 Å². The van der Waals surface area contributed by atoms with Crippen molar-refractivity contribution in [1.29, 1.82) is 0 Å². The van der Waals surface area contributed by atoms with Gasteiger partial charge in [-0.15, -0.1) is 5.10 Å². The summed E-state index contributed by atoms with van der Waals surface area (Å²) in [4.78, 5) is 44.0. The minimum atomic E-state index is -3.65. The highest BCUT2D eigenvalue weighted by Crippen LogP contribution is 2.40. The molecule has 1 heterocycles. The number of nitro benzene ring substituents is 2. The summed E-state index contributed by atoms with van der Waals surface area (Å²) < 4.78 is 56.1. The lowest BCUT2D eigenvalue weighted by Gasteiger charge is -2.17. The maximum atomic E-state index is 12.8. The van der Waals surface area contributed by atoms with Crippen LogP contribution >= 0.6 is 46.4 Å². The van der Waals surface area contributed by atoms with Gasteiger partial charge in [-0.3, -0.25) is 25.0 Å². The number of carboxylic acid groups (broad SMARTS) is 1. The van der Waals surface area contributed by atoms with Crippen LogP contribution in [0.3, 0.4) is 0 Å². The maximum absolute atomic E-state index is 12.8. The third kappa shape index (κ3) is 11.6. The molecule has 0 aliphatic carbocycles. The first-order valence-electron chi connectivity index (χ1n) is 15.8. The van der Waals surface area contributed by atoms with E-state index >= 15 is 0 Å². The predicted molar refractivity (Wildman–Crippen MR) is 209 cm³/mol. The lowest BCUT2D eigenvalue weighted by Crippen LogP contribution is -2.25. The van der Waals surface area contributed by atoms with Gasteiger partial charge >= 0.3 is 23.9 Å². The number of methoxy groups -OCH3 is 1. The number of nitro groups is 2. The summed E-state index contributed by atoms with van der Waals surface area (Å²) in [5.41, 5.74) is -0.831. The minimum absolute atomic E-state index is 0.0109. The molecule has 24 heteroatoms. The highest BCUT2D eigenvalue weighted by molar-refractivity contribution is 7.92. The van der Waals surface area contributed by atoms with Crippen LogP contribution in [0, 0.1) is 41.0 Å². The van der Waals surface area contributed by atoms with Crippen molar-refractivity contribution >= 4 is 85.1 Å². The fourth-order valence-corrected chi connectivity index (χ4v) is 6.46. The van der Waals surface area contributed by atoms with Gasteiger partial charge in [-0.25, -0.2) is 22.6 Å². The number of ether oxygens (including phenoxy) is 1. The van der Waals surface area contributed by atoms with Crippen LogP contribution in [0.25, 0.3) is 5.69 Å². The number of nitrogens with zero attached hydrogens (tertiary/aromatic N) is 5. The van der Waals surface area contributed by atoms with Crippen molar-refractivity contribution in [3.63, 3.8) is 0 Å². The molecule has 56 heavy (non-hydrogen) atoms. The number of nitrogens with one attached hydrogen (secondary N) is 2. The average molecular weight is 890 g/mol. The van der Waals surface area contributed by atoms with Gasteiger partial charge in [0, 0.05) is 17.7 Å². The second-order valence-electron chi connectivity index (χ2n) is 11.5. The van der Waals surface area contributed by atoms with Crippen molar-refractivity contribution in [2.75, 3.05) is 23.4 Å². The van der Waals surface area contributed by atoms with Gasteiger partial charge in [-0.2, -0.15) is 13.5 Å². The molecule has 0 unspecified atom stereocenters. The number of anilines is 2. The number of benzene rings is 3. The van der Waals surface area contributed by atoms with Gasteiger partial charge in [0.15, 0.2) is 11.4 Å². The highest BCUT2D eigenvalue weighted by atomic mass is 35.5. The second-order valence-corrected chi connectivity index (χ2v) is 14.9. The van der Waals surface area contributed by atoms with E-state index in [0.717, 1.165) is 25.2 Å². The van der Waals surface area contributed by atoms with Gasteiger partial charge in [0.2, 0.25) is 10.0 Å². The number of hydrogen-bond acceptors (Lipinski definition) is 11. The van der Waals surface area contributed by atoms with Gasteiger partial charge in [0.25, 0.3) is 5.69 Å². The topological polar surface area (TPSA) is 231 Å². The quantitative estimate of drug-likeness (QED) is 0.0895. The molecule has 1 aromatic heterocycles. The van der Waals surface area contributed by atoms with Crippen LogP contribution in [0.5, 0.6) is 5.75 Å². The Kier molecular flexibility index (Phi) is 16.8. The van der Waals surface area contributed by atoms with Crippen LogP contribution in [0.15, 0.2) is 35.1 Å². The molecular formula is C32H35Cl4F2N7O10S. The average Bonchev–Trinajstić information content (AvgIpc) is 3.39. The molecule has 4 rings (SSSR count). The first-order chi connectivity index (χ1) is 25.9. The lowest BCUT2D eigenvalue weighted by atomic mass is 10.0. The molecule has 0 fully saturated rings. The Morgan fingerprint density at radius 3 is 1.98 bits per heavy atom. The summed E-state index contributed by atoms with van der Waals surface area (Å²) in [5.74, 6) is -1.31. The van der Waals surface area contributed by atoms with E-state index in [1.807, 2.05) is 13.8 Å². The summed E-state index contributed by atoms with van der Waals surface area (Å²) in [7, 11) is -2.31. The molecular weight excluding hydrogens is 854 g/mol. The Hall–Kier alpha value is -4.76. The summed E-state index contributed by atoms with van der Waals surface area (Å²) >= 11 is 23.2. The van der Waals surface area contributed by atoms with Gasteiger partial charge < -0.3 is 15.2 Å². The summed E-state index contributed by atoms with van der Waals surface area (Å²) in [6.07, 6.45) is 2.37. The van der Waals surface area contributed by atoms with E-state index in [0.29, 0.717) is 15.8 Å². The molecule has 0 aliphatic heterocycles. The number of hydrogen-bond donors (Lipinski definition) is 3. The molecule has 3 aromatic carbocycles. The highest BCUT2D eigenvalue weighted by Gasteiger charge is 2.30. The zero-order valence-electron chi connectivity index (χ0n) is 30.5. The van der Waals surface area contributed by atoms with Crippen molar-refractivity contribution in [2.24, 2.45) is 0 Å². The molecule has 0 amide bonds.